The van der Waals surface area contributed by atoms with E-state index in [9.17, 15) is 39.1 Å². The number of carbonyl (C=O) groups is 6. The highest BCUT2D eigenvalue weighted by molar-refractivity contribution is 5.85. The third kappa shape index (κ3) is 12.8. The Bertz CT molecular complexity index is 2270. The van der Waals surface area contributed by atoms with Gasteiger partial charge >= 0.3 is 35.8 Å². The molecule has 0 amide bonds. The molecule has 1 heterocycles. The molecule has 1 saturated heterocycles. The van der Waals surface area contributed by atoms with E-state index in [2.05, 4.69) is 33.8 Å². The Morgan fingerprint density at radius 3 is 1.56 bits per heavy atom. The van der Waals surface area contributed by atoms with Crippen LogP contribution < -0.4 is 0 Å². The Labute approximate surface area is 474 Å². The van der Waals surface area contributed by atoms with Crippen molar-refractivity contribution in [2.45, 2.75) is 286 Å². The first-order valence-electron chi connectivity index (χ1n) is 31.1. The lowest BCUT2D eigenvalue weighted by Crippen LogP contribution is -2.61. The van der Waals surface area contributed by atoms with Crippen LogP contribution in [-0.4, -0.2) is 82.1 Å². The molecule has 7 atom stereocenters. The molecule has 1 N–H and O–H groups in total. The maximum atomic E-state index is 12.6. The number of nitrogens with zero attached hydrogens (tertiary/aromatic N) is 1. The van der Waals surface area contributed by atoms with Crippen LogP contribution in [0.2, 0.25) is 0 Å². The second kappa shape index (κ2) is 22.8. The number of ether oxygens (including phenoxy) is 6. The number of hydrogen-bond donors (Lipinski definition) is 1. The summed E-state index contributed by atoms with van der Waals surface area (Å²) in [4.78, 5) is 72.8. The van der Waals surface area contributed by atoms with Crippen molar-refractivity contribution < 1.29 is 62.3 Å². The van der Waals surface area contributed by atoms with Crippen molar-refractivity contribution >= 4 is 35.8 Å². The van der Waals surface area contributed by atoms with Gasteiger partial charge in [-0.25, -0.2) is 4.79 Å². The summed E-state index contributed by atoms with van der Waals surface area (Å²) in [6.45, 7) is 29.4. The molecule has 1 aliphatic heterocycles. The fourth-order valence-electron chi connectivity index (χ4n) is 16.2. The molecule has 11 saturated carbocycles. The van der Waals surface area contributed by atoms with E-state index in [1.165, 1.54) is 57.8 Å². The molecule has 0 spiro atoms. The van der Waals surface area contributed by atoms with Gasteiger partial charge in [-0.1, -0.05) is 34.6 Å². The molecule has 0 aromatic rings. The van der Waals surface area contributed by atoms with Crippen LogP contribution in [0.3, 0.4) is 0 Å². The quantitative estimate of drug-likeness (QED) is 0.113. The van der Waals surface area contributed by atoms with Crippen molar-refractivity contribution in [3.05, 3.63) is 0 Å². The zero-order valence-corrected chi connectivity index (χ0v) is 51.5. The van der Waals surface area contributed by atoms with E-state index in [1.54, 1.807) is 13.8 Å². The molecule has 12 aliphatic rings. The number of esters is 6. The Morgan fingerprint density at radius 2 is 1.09 bits per heavy atom. The van der Waals surface area contributed by atoms with Crippen LogP contribution >= 0.6 is 0 Å². The van der Waals surface area contributed by atoms with E-state index in [0.717, 1.165) is 82.0 Å². The maximum Gasteiger partial charge on any atom is 0.344 e. The molecule has 446 valence electrons. The average Bonchev–Trinajstić information content (AvgIpc) is 4.35. The normalized spacial score (nSPS) is 35.8. The summed E-state index contributed by atoms with van der Waals surface area (Å²) >= 11 is 0. The van der Waals surface area contributed by atoms with Gasteiger partial charge in [0.2, 0.25) is 0 Å². The number of rotatable bonds is 16. The van der Waals surface area contributed by atoms with Gasteiger partial charge in [0.25, 0.3) is 0 Å². The molecule has 0 aromatic carbocycles. The van der Waals surface area contributed by atoms with Gasteiger partial charge < -0.3 is 33.5 Å². The molecule has 10 bridgehead atoms. The van der Waals surface area contributed by atoms with Crippen molar-refractivity contribution in [3.63, 3.8) is 0 Å². The van der Waals surface area contributed by atoms with Crippen molar-refractivity contribution in [2.24, 2.45) is 73.9 Å². The van der Waals surface area contributed by atoms with Crippen LogP contribution in [0.15, 0.2) is 0 Å². The molecule has 7 unspecified atom stereocenters. The van der Waals surface area contributed by atoms with Crippen molar-refractivity contribution in [1.82, 2.24) is 0 Å². The van der Waals surface area contributed by atoms with E-state index < -0.39 is 58.6 Å². The molecule has 79 heavy (non-hydrogen) atoms. The monoisotopic (exact) mass is 1110 g/mol. The van der Waals surface area contributed by atoms with E-state index in [-0.39, 0.29) is 62.8 Å². The molecular formula is C65H103NO13. The van der Waals surface area contributed by atoms with Crippen molar-refractivity contribution in [2.75, 3.05) is 6.61 Å². The third-order valence-electron chi connectivity index (χ3n) is 22.5. The van der Waals surface area contributed by atoms with E-state index in [1.807, 2.05) is 62.3 Å². The summed E-state index contributed by atoms with van der Waals surface area (Å²) in [5.74, 6) is 1.82. The number of fused-ring (bicyclic) bond motifs is 1. The van der Waals surface area contributed by atoms with Gasteiger partial charge in [0.15, 0.2) is 12.0 Å². The lowest BCUT2D eigenvalue weighted by atomic mass is 9.46. The van der Waals surface area contributed by atoms with Gasteiger partial charge in [-0.15, -0.1) is 0 Å². The first-order valence-corrected chi connectivity index (χ1v) is 31.1. The minimum Gasteiger partial charge on any atom is -0.459 e. The molecule has 14 nitrogen and oxygen atoms in total. The lowest BCUT2D eigenvalue weighted by molar-refractivity contribution is -0.225. The standard InChI is InChI=1S/C19H32O2.C17H21NO6.C16H26O3.C13H24O2/c1-6-17(2,3)16(20)21-18(4,5)19-10-13-7-14(11-19)9-15(8-13)12-19;1-4-16(2,3)14(20)22-7-11(19)23-12-9-5-10-13(12)24-15(21)17(10,6-9)8-18;1-4-14(2,3)13(17)19-16-8-11-5-12(9-16)7-15(18,6-11)10-16;1-5-12(3,4)11(14)15-13(6-2)9-7-8-10-13/h13-15H,6-12H2,1-5H3;9-10,12-13H,4-7H2,1-3H3;11-12,18H,4-10H2,1-3H3;5-10H2,1-4H3. The molecule has 11 aliphatic carbocycles. The Balaban J connectivity index is 0.000000154. The highest BCUT2D eigenvalue weighted by Crippen LogP contribution is 2.65. The fourth-order valence-corrected chi connectivity index (χ4v) is 16.2. The van der Waals surface area contributed by atoms with Gasteiger partial charge in [-0.3, -0.25) is 24.0 Å². The Kier molecular flexibility index (Phi) is 18.1. The number of aliphatic hydroxyl groups is 1. The smallest absolute Gasteiger partial charge is 0.344 e. The van der Waals surface area contributed by atoms with E-state index in [0.29, 0.717) is 37.5 Å². The summed E-state index contributed by atoms with van der Waals surface area (Å²) in [5, 5.41) is 20.0. The Morgan fingerprint density at radius 1 is 0.620 bits per heavy atom. The lowest BCUT2D eigenvalue weighted by Gasteiger charge is -2.61. The summed E-state index contributed by atoms with van der Waals surface area (Å²) in [5.41, 5.74) is -3.92. The van der Waals surface area contributed by atoms with Crippen molar-refractivity contribution in [3.8, 4) is 6.07 Å². The SMILES string of the molecule is CCC(C)(C)C(=O)OC(C)(C)C12CC3CC(CC(C3)C1)C2.CCC(C)(C)C(=O)OC12CC3CC(CC(O)(C3)C1)C2.CCC(C)(C)C(=O)OCC(=O)OC1C2CC3C1OC(=O)C3(C#N)C2.CCC1(OC(=O)C(C)(C)CC)CCCC1. The largest absolute Gasteiger partial charge is 0.459 e. The zero-order valence-electron chi connectivity index (χ0n) is 51.5. The first kappa shape index (κ1) is 62.9. The number of nitriles is 1. The van der Waals surface area contributed by atoms with Crippen LogP contribution in [0.4, 0.5) is 0 Å². The molecular weight excluding hydrogens is 1000 g/mol. The summed E-state index contributed by atoms with van der Waals surface area (Å²) in [6.07, 6.45) is 22.2. The topological polar surface area (TPSA) is 202 Å². The molecule has 14 heteroatoms. The summed E-state index contributed by atoms with van der Waals surface area (Å²) < 4.78 is 33.6. The van der Waals surface area contributed by atoms with Crippen LogP contribution in [0.1, 0.15) is 252 Å². The minimum absolute atomic E-state index is 0.00857. The van der Waals surface area contributed by atoms with Gasteiger partial charge in [0.05, 0.1) is 33.3 Å². The second-order valence-electron chi connectivity index (χ2n) is 30.2. The van der Waals surface area contributed by atoms with Crippen molar-refractivity contribution in [1.29, 1.82) is 5.26 Å². The van der Waals surface area contributed by atoms with Gasteiger partial charge in [0.1, 0.15) is 29.0 Å². The molecule has 0 radical (unpaired) electrons. The summed E-state index contributed by atoms with van der Waals surface area (Å²) in [7, 11) is 0. The van der Waals surface area contributed by atoms with Crippen LogP contribution in [-0.2, 0) is 57.2 Å². The first-order chi connectivity index (χ1) is 36.6. The zero-order chi connectivity index (χ0) is 58.6. The molecule has 12 fully saturated rings. The predicted octanol–water partition coefficient (Wildman–Crippen LogP) is 13.1. The average molecular weight is 1110 g/mol. The van der Waals surface area contributed by atoms with Gasteiger partial charge in [-0.05, 0) is 240 Å². The predicted molar refractivity (Wildman–Crippen MR) is 298 cm³/mol. The van der Waals surface area contributed by atoms with Crippen LogP contribution in [0.5, 0.6) is 0 Å². The van der Waals surface area contributed by atoms with E-state index in [4.69, 9.17) is 28.4 Å². The highest BCUT2D eigenvalue weighted by atomic mass is 16.6. The minimum atomic E-state index is -1.06. The van der Waals surface area contributed by atoms with E-state index >= 15 is 0 Å². The molecule has 0 aromatic heterocycles. The van der Waals surface area contributed by atoms with Crippen LogP contribution in [0.25, 0.3) is 0 Å². The van der Waals surface area contributed by atoms with Crippen LogP contribution in [0, 0.1) is 85.2 Å². The fraction of sp³-hybridized carbons (Fsp3) is 0.892. The highest BCUT2D eigenvalue weighted by Gasteiger charge is 2.72. The molecule has 12 rings (SSSR count). The Hall–Kier alpha value is -3.73. The number of carbonyl (C=O) groups excluding carboxylic acids is 6. The van der Waals surface area contributed by atoms with Gasteiger partial charge in [0, 0.05) is 23.7 Å². The number of hydrogen-bond acceptors (Lipinski definition) is 14. The van der Waals surface area contributed by atoms with Gasteiger partial charge in [-0.2, -0.15) is 5.26 Å². The maximum absolute atomic E-state index is 12.6. The second-order valence-corrected chi connectivity index (χ2v) is 30.2. The third-order valence-corrected chi connectivity index (χ3v) is 22.5. The summed E-state index contributed by atoms with van der Waals surface area (Å²) in [6, 6.07) is 2.10.